The van der Waals surface area contributed by atoms with E-state index < -0.39 is 0 Å². The third kappa shape index (κ3) is 7.19. The van der Waals surface area contributed by atoms with Crippen molar-refractivity contribution in [3.8, 4) is 0 Å². The lowest BCUT2D eigenvalue weighted by molar-refractivity contribution is -0.122. The van der Waals surface area contributed by atoms with Gasteiger partial charge in [0, 0.05) is 53.0 Å². The van der Waals surface area contributed by atoms with Gasteiger partial charge in [-0.25, -0.2) is 0 Å². The minimum absolute atomic E-state index is 0.116. The molecule has 0 radical (unpaired) electrons. The first-order chi connectivity index (χ1) is 9.65. The van der Waals surface area contributed by atoms with Gasteiger partial charge in [-0.15, -0.1) is 0 Å². The summed E-state index contributed by atoms with van der Waals surface area (Å²) in [5.41, 5.74) is 5.65. The molecule has 6 nitrogen and oxygen atoms in total. The highest BCUT2D eigenvalue weighted by atomic mass is 16.5. The lowest BCUT2D eigenvalue weighted by Crippen LogP contribution is -2.50. The molecule has 0 aromatic heterocycles. The highest BCUT2D eigenvalue weighted by Crippen LogP contribution is 2.04. The van der Waals surface area contributed by atoms with E-state index in [1.807, 2.05) is 0 Å². The molecule has 0 aromatic carbocycles. The van der Waals surface area contributed by atoms with Crippen molar-refractivity contribution in [1.29, 1.82) is 0 Å². The monoisotopic (exact) mass is 286 g/mol. The zero-order valence-corrected chi connectivity index (χ0v) is 12.9. The lowest BCUT2D eigenvalue weighted by Gasteiger charge is -2.35. The van der Waals surface area contributed by atoms with Gasteiger partial charge in [0.25, 0.3) is 0 Å². The summed E-state index contributed by atoms with van der Waals surface area (Å²) in [4.78, 5) is 16.4. The van der Waals surface area contributed by atoms with Gasteiger partial charge in [0.1, 0.15) is 0 Å². The van der Waals surface area contributed by atoms with Gasteiger partial charge in [-0.2, -0.15) is 0 Å². The van der Waals surface area contributed by atoms with Crippen molar-refractivity contribution in [2.75, 3.05) is 66.1 Å². The average molecular weight is 286 g/mol. The molecule has 1 atom stereocenters. The molecule has 1 amide bonds. The van der Waals surface area contributed by atoms with Crippen LogP contribution in [0.15, 0.2) is 0 Å². The van der Waals surface area contributed by atoms with Crippen LogP contribution < -0.4 is 11.1 Å². The number of carbonyl (C=O) groups is 1. The molecular weight excluding hydrogens is 256 g/mol. The molecule has 0 saturated carbocycles. The normalized spacial score (nSPS) is 18.9. The molecule has 0 bridgehead atoms. The molecule has 1 unspecified atom stereocenters. The Balaban J connectivity index is 2.10. The first-order valence-corrected chi connectivity index (χ1v) is 7.56. The Bertz CT molecular complexity index is 268. The largest absolute Gasteiger partial charge is 0.385 e. The van der Waals surface area contributed by atoms with Crippen molar-refractivity contribution < 1.29 is 9.53 Å². The molecule has 1 fully saturated rings. The summed E-state index contributed by atoms with van der Waals surface area (Å²) in [6.07, 6.45) is 0.868. The number of carbonyl (C=O) groups excluding carboxylic acids is 1. The first kappa shape index (κ1) is 17.4. The summed E-state index contributed by atoms with van der Waals surface area (Å²) >= 11 is 0. The van der Waals surface area contributed by atoms with Gasteiger partial charge in [0.05, 0.1) is 6.54 Å². The average Bonchev–Trinajstić information content (AvgIpc) is 2.45. The van der Waals surface area contributed by atoms with E-state index in [1.165, 1.54) is 0 Å². The van der Waals surface area contributed by atoms with Gasteiger partial charge < -0.3 is 20.7 Å². The number of nitrogens with zero attached hydrogens (tertiary/aromatic N) is 2. The predicted octanol–water partition coefficient (Wildman–Crippen LogP) is -0.648. The number of hydrogen-bond acceptors (Lipinski definition) is 5. The van der Waals surface area contributed by atoms with Crippen molar-refractivity contribution in [3.05, 3.63) is 0 Å². The number of methoxy groups -OCH3 is 1. The zero-order chi connectivity index (χ0) is 14.8. The Morgan fingerprint density at radius 1 is 1.30 bits per heavy atom. The molecule has 0 aromatic rings. The van der Waals surface area contributed by atoms with Gasteiger partial charge in [-0.1, -0.05) is 6.92 Å². The Morgan fingerprint density at radius 3 is 2.55 bits per heavy atom. The van der Waals surface area contributed by atoms with Crippen LogP contribution in [0.25, 0.3) is 0 Å². The summed E-state index contributed by atoms with van der Waals surface area (Å²) in [7, 11) is 1.67. The summed E-state index contributed by atoms with van der Waals surface area (Å²) < 4.78 is 4.95. The van der Waals surface area contributed by atoms with Crippen LogP contribution in [0.1, 0.15) is 13.3 Å². The molecule has 20 heavy (non-hydrogen) atoms. The first-order valence-electron chi connectivity index (χ1n) is 7.56. The van der Waals surface area contributed by atoms with Crippen LogP contribution in [0.5, 0.6) is 0 Å². The van der Waals surface area contributed by atoms with E-state index in [0.717, 1.165) is 45.7 Å². The Labute approximate surface area is 122 Å². The summed E-state index contributed by atoms with van der Waals surface area (Å²) in [6, 6.07) is 0. The minimum Gasteiger partial charge on any atom is -0.385 e. The number of piperazine rings is 1. The van der Waals surface area contributed by atoms with Gasteiger partial charge in [0.2, 0.25) is 5.91 Å². The highest BCUT2D eigenvalue weighted by molar-refractivity contribution is 5.77. The number of hydrogen-bond donors (Lipinski definition) is 2. The van der Waals surface area contributed by atoms with Gasteiger partial charge in [-0.3, -0.25) is 9.69 Å². The van der Waals surface area contributed by atoms with Gasteiger partial charge in [0.15, 0.2) is 0 Å². The summed E-state index contributed by atoms with van der Waals surface area (Å²) in [5.74, 6) is 0.663. The topological polar surface area (TPSA) is 70.8 Å². The van der Waals surface area contributed by atoms with E-state index >= 15 is 0 Å². The Kier molecular flexibility index (Phi) is 8.77. The van der Waals surface area contributed by atoms with E-state index in [-0.39, 0.29) is 5.91 Å². The third-order valence-corrected chi connectivity index (χ3v) is 3.65. The van der Waals surface area contributed by atoms with Crippen LogP contribution >= 0.6 is 0 Å². The molecule has 118 valence electrons. The second-order valence-corrected chi connectivity index (χ2v) is 5.61. The molecule has 0 spiro atoms. The molecule has 1 aliphatic rings. The number of nitrogens with two attached hydrogens (primary N) is 1. The fourth-order valence-corrected chi connectivity index (χ4v) is 2.35. The van der Waals surface area contributed by atoms with E-state index in [2.05, 4.69) is 22.0 Å². The number of rotatable bonds is 9. The molecule has 0 aliphatic carbocycles. The van der Waals surface area contributed by atoms with Crippen molar-refractivity contribution in [2.24, 2.45) is 11.7 Å². The second kappa shape index (κ2) is 10.1. The van der Waals surface area contributed by atoms with Crippen LogP contribution in [0, 0.1) is 5.92 Å². The summed E-state index contributed by atoms with van der Waals surface area (Å²) in [5, 5.41) is 2.93. The molecule has 3 N–H and O–H groups in total. The fraction of sp³-hybridized carbons (Fsp3) is 0.929. The zero-order valence-electron chi connectivity index (χ0n) is 12.9. The van der Waals surface area contributed by atoms with Crippen LogP contribution in [0.2, 0.25) is 0 Å². The molecule has 1 rings (SSSR count). The molecule has 1 saturated heterocycles. The fourth-order valence-electron chi connectivity index (χ4n) is 2.35. The highest BCUT2D eigenvalue weighted by Gasteiger charge is 2.19. The van der Waals surface area contributed by atoms with E-state index in [1.54, 1.807) is 7.11 Å². The van der Waals surface area contributed by atoms with Crippen molar-refractivity contribution in [3.63, 3.8) is 0 Å². The smallest absolute Gasteiger partial charge is 0.234 e. The van der Waals surface area contributed by atoms with Crippen LogP contribution in [-0.2, 0) is 9.53 Å². The van der Waals surface area contributed by atoms with Crippen molar-refractivity contribution in [1.82, 2.24) is 15.1 Å². The van der Waals surface area contributed by atoms with Gasteiger partial charge >= 0.3 is 0 Å². The van der Waals surface area contributed by atoms with E-state index in [9.17, 15) is 4.79 Å². The lowest BCUT2D eigenvalue weighted by atomic mass is 10.1. The maximum Gasteiger partial charge on any atom is 0.234 e. The Hall–Kier alpha value is -0.690. The second-order valence-electron chi connectivity index (χ2n) is 5.61. The molecule has 1 heterocycles. The maximum atomic E-state index is 11.8. The SMILES string of the molecule is COCCCNC(=O)CN1CCN(CC(C)CN)CC1. The van der Waals surface area contributed by atoms with Gasteiger partial charge in [-0.05, 0) is 18.9 Å². The molecular formula is C14H30N4O2. The Morgan fingerprint density at radius 2 is 1.95 bits per heavy atom. The van der Waals surface area contributed by atoms with E-state index in [4.69, 9.17) is 10.5 Å². The predicted molar refractivity (Wildman–Crippen MR) is 80.6 cm³/mol. The number of nitrogens with one attached hydrogen (secondary N) is 1. The molecule has 1 aliphatic heterocycles. The summed E-state index contributed by atoms with van der Waals surface area (Å²) in [6.45, 7) is 9.86. The van der Waals surface area contributed by atoms with E-state index in [0.29, 0.717) is 25.6 Å². The number of ether oxygens (including phenoxy) is 1. The van der Waals surface area contributed by atoms with Crippen molar-refractivity contribution in [2.45, 2.75) is 13.3 Å². The standard InChI is InChI=1S/C14H30N4O2/c1-13(10-15)11-17-5-7-18(8-6-17)12-14(19)16-4-3-9-20-2/h13H,3-12,15H2,1-2H3,(H,16,19). The number of amides is 1. The van der Waals surface area contributed by atoms with Crippen molar-refractivity contribution >= 4 is 5.91 Å². The molecule has 6 heteroatoms. The van der Waals surface area contributed by atoms with Crippen LogP contribution in [0.3, 0.4) is 0 Å². The van der Waals surface area contributed by atoms with Crippen LogP contribution in [-0.4, -0.2) is 81.8 Å². The quantitative estimate of drug-likeness (QED) is 0.551. The third-order valence-electron chi connectivity index (χ3n) is 3.65. The minimum atomic E-state index is 0.116. The van der Waals surface area contributed by atoms with Crippen LogP contribution in [0.4, 0.5) is 0 Å². The maximum absolute atomic E-state index is 11.8.